The van der Waals surface area contributed by atoms with Crippen LogP contribution >= 0.6 is 0 Å². The highest BCUT2D eigenvalue weighted by atomic mass is 19.1. The molecule has 6 rings (SSSR count). The van der Waals surface area contributed by atoms with Crippen LogP contribution in [0.4, 0.5) is 10.2 Å². The maximum Gasteiger partial charge on any atom is 0.230 e. The van der Waals surface area contributed by atoms with Crippen LogP contribution in [-0.4, -0.2) is 61.1 Å². The largest absolute Gasteiger partial charge is 0.481 e. The number of aryl methyl sites for hydroxylation is 2. The average Bonchev–Trinajstić information content (AvgIpc) is 3.52. The molecule has 2 atom stereocenters. The molecule has 190 valence electrons. The van der Waals surface area contributed by atoms with Gasteiger partial charge in [-0.2, -0.15) is 5.10 Å². The molecule has 10 heteroatoms. The fourth-order valence-corrected chi connectivity index (χ4v) is 5.57. The van der Waals surface area contributed by atoms with Gasteiger partial charge in [-0.15, -0.1) is 0 Å². The fraction of sp³-hybridized carbons (Fsp3) is 0.370. The normalized spacial score (nSPS) is 19.6. The van der Waals surface area contributed by atoms with Gasteiger partial charge in [0.2, 0.25) is 11.8 Å². The first-order valence-corrected chi connectivity index (χ1v) is 12.4. The molecule has 0 radical (unpaired) electrons. The zero-order valence-corrected chi connectivity index (χ0v) is 21.0. The number of amides is 1. The standard InChI is InChI=1S/C27H28FN7O2/c1-16(19-12-23(37-3)30-14-22(19)28)26(36)34-10-7-27(15-34)6-5-18-11-20(17(2)32-24(18)33-27)21-13-31-35-9-4-8-29-25(21)35/h4,8-9,11-14,16H,5-7,10,15H2,1-3H3,(H,32,33)/t16-,27+/m1/s1. The molecule has 0 unspecified atom stereocenters. The summed E-state index contributed by atoms with van der Waals surface area (Å²) >= 11 is 0. The minimum atomic E-state index is -0.634. The Labute approximate surface area is 213 Å². The third-order valence-electron chi connectivity index (χ3n) is 7.69. The van der Waals surface area contributed by atoms with Crippen LogP contribution < -0.4 is 10.1 Å². The van der Waals surface area contributed by atoms with Gasteiger partial charge in [-0.25, -0.2) is 23.9 Å². The van der Waals surface area contributed by atoms with Gasteiger partial charge in [0, 0.05) is 53.9 Å². The molecule has 0 aliphatic carbocycles. The lowest BCUT2D eigenvalue weighted by molar-refractivity contribution is -0.131. The lowest BCUT2D eigenvalue weighted by Crippen LogP contribution is -2.46. The highest BCUT2D eigenvalue weighted by Gasteiger charge is 2.43. The van der Waals surface area contributed by atoms with Crippen LogP contribution in [0.25, 0.3) is 16.8 Å². The number of anilines is 1. The number of nitrogens with one attached hydrogen (secondary N) is 1. The van der Waals surface area contributed by atoms with Crippen molar-refractivity contribution < 1.29 is 13.9 Å². The van der Waals surface area contributed by atoms with Gasteiger partial charge in [0.25, 0.3) is 0 Å². The number of ether oxygens (including phenoxy) is 1. The summed E-state index contributed by atoms with van der Waals surface area (Å²) in [5.41, 5.74) is 4.87. The van der Waals surface area contributed by atoms with Gasteiger partial charge in [0.15, 0.2) is 5.65 Å². The number of hydrogen-bond acceptors (Lipinski definition) is 7. The van der Waals surface area contributed by atoms with Crippen LogP contribution in [0.1, 0.15) is 42.5 Å². The third kappa shape index (κ3) is 3.96. The van der Waals surface area contributed by atoms with Crippen molar-refractivity contribution in [2.75, 3.05) is 25.5 Å². The first kappa shape index (κ1) is 23.3. The van der Waals surface area contributed by atoms with Crippen LogP contribution in [0.2, 0.25) is 0 Å². The third-order valence-corrected chi connectivity index (χ3v) is 7.69. The Morgan fingerprint density at radius 1 is 1.22 bits per heavy atom. The molecule has 4 aromatic rings. The Morgan fingerprint density at radius 3 is 2.92 bits per heavy atom. The highest BCUT2D eigenvalue weighted by Crippen LogP contribution is 2.39. The number of hydrogen-bond donors (Lipinski definition) is 1. The number of aromatic nitrogens is 5. The summed E-state index contributed by atoms with van der Waals surface area (Å²) in [6.07, 6.45) is 9.13. The molecule has 6 heterocycles. The molecule has 1 N–H and O–H groups in total. The molecule has 0 bridgehead atoms. The van der Waals surface area contributed by atoms with Crippen molar-refractivity contribution >= 4 is 17.4 Å². The fourth-order valence-electron chi connectivity index (χ4n) is 5.57. The quantitative estimate of drug-likeness (QED) is 0.455. The number of fused-ring (bicyclic) bond motifs is 2. The van der Waals surface area contributed by atoms with Crippen molar-refractivity contribution in [1.29, 1.82) is 0 Å². The maximum absolute atomic E-state index is 14.5. The monoisotopic (exact) mass is 501 g/mol. The topological polar surface area (TPSA) is 97.5 Å². The van der Waals surface area contributed by atoms with E-state index in [4.69, 9.17) is 9.72 Å². The van der Waals surface area contributed by atoms with E-state index in [1.807, 2.05) is 30.3 Å². The molecule has 9 nitrogen and oxygen atoms in total. The van der Waals surface area contributed by atoms with Gasteiger partial charge in [-0.3, -0.25) is 4.79 Å². The summed E-state index contributed by atoms with van der Waals surface area (Å²) in [7, 11) is 1.47. The number of rotatable bonds is 4. The number of carbonyl (C=O) groups excluding carboxylic acids is 1. The van der Waals surface area contributed by atoms with Crippen molar-refractivity contribution in [3.05, 3.63) is 65.6 Å². The number of methoxy groups -OCH3 is 1. The SMILES string of the molecule is COc1cc([C@@H](C)C(=O)N2CC[C@@]3(CCc4cc(-c5cnn6cccnc56)c(C)nc4N3)C2)c(F)cn1. The van der Waals surface area contributed by atoms with Gasteiger partial charge < -0.3 is 15.0 Å². The molecule has 0 aromatic carbocycles. The molecule has 0 saturated carbocycles. The molecule has 1 saturated heterocycles. The molecule has 1 fully saturated rings. The van der Waals surface area contributed by atoms with Crippen LogP contribution in [0.15, 0.2) is 43.0 Å². The summed E-state index contributed by atoms with van der Waals surface area (Å²) < 4.78 is 21.3. The first-order chi connectivity index (χ1) is 17.9. The van der Waals surface area contributed by atoms with Crippen LogP contribution in [-0.2, 0) is 11.2 Å². The average molecular weight is 502 g/mol. The Balaban J connectivity index is 1.22. The van der Waals surface area contributed by atoms with Crippen LogP contribution in [0.3, 0.4) is 0 Å². The second-order valence-electron chi connectivity index (χ2n) is 9.96. The number of nitrogens with zero attached hydrogens (tertiary/aromatic N) is 6. The molecule has 37 heavy (non-hydrogen) atoms. The van der Waals surface area contributed by atoms with E-state index in [0.717, 1.165) is 59.3 Å². The minimum Gasteiger partial charge on any atom is -0.481 e. The second-order valence-corrected chi connectivity index (χ2v) is 9.96. The Bertz CT molecular complexity index is 1520. The van der Waals surface area contributed by atoms with E-state index < -0.39 is 11.7 Å². The zero-order chi connectivity index (χ0) is 25.7. The summed E-state index contributed by atoms with van der Waals surface area (Å²) in [5, 5.41) is 8.09. The Morgan fingerprint density at radius 2 is 2.08 bits per heavy atom. The van der Waals surface area contributed by atoms with E-state index in [9.17, 15) is 9.18 Å². The number of halogens is 1. The smallest absolute Gasteiger partial charge is 0.230 e. The van der Waals surface area contributed by atoms with Gasteiger partial charge in [-0.1, -0.05) is 0 Å². The predicted molar refractivity (Wildman–Crippen MR) is 136 cm³/mol. The Hall–Kier alpha value is -4.08. The van der Waals surface area contributed by atoms with Gasteiger partial charge >= 0.3 is 0 Å². The van der Waals surface area contributed by atoms with E-state index in [-0.39, 0.29) is 11.4 Å². The summed E-state index contributed by atoms with van der Waals surface area (Å²) in [4.78, 5) is 28.5. The van der Waals surface area contributed by atoms with Crippen molar-refractivity contribution in [2.24, 2.45) is 0 Å². The van der Waals surface area contributed by atoms with E-state index in [1.165, 1.54) is 13.2 Å². The van der Waals surface area contributed by atoms with Gasteiger partial charge in [0.1, 0.15) is 11.6 Å². The molecule has 2 aliphatic heterocycles. The first-order valence-electron chi connectivity index (χ1n) is 12.4. The summed E-state index contributed by atoms with van der Waals surface area (Å²) in [5.74, 6) is -0.0800. The van der Waals surface area contributed by atoms with Gasteiger partial charge in [-0.05, 0) is 50.8 Å². The van der Waals surface area contributed by atoms with E-state index in [0.29, 0.717) is 24.5 Å². The molecule has 4 aromatic heterocycles. The summed E-state index contributed by atoms with van der Waals surface area (Å²) in [6.45, 7) is 4.89. The van der Waals surface area contributed by atoms with Crippen molar-refractivity contribution in [3.8, 4) is 17.0 Å². The van der Waals surface area contributed by atoms with Crippen molar-refractivity contribution in [1.82, 2.24) is 29.5 Å². The second kappa shape index (κ2) is 8.79. The molecular weight excluding hydrogens is 473 g/mol. The Kier molecular flexibility index (Phi) is 5.54. The van der Waals surface area contributed by atoms with Crippen LogP contribution in [0, 0.1) is 12.7 Å². The highest BCUT2D eigenvalue weighted by molar-refractivity contribution is 5.84. The minimum absolute atomic E-state index is 0.100. The number of likely N-dealkylation sites (tertiary alicyclic amines) is 1. The molecular formula is C27H28FN7O2. The lowest BCUT2D eigenvalue weighted by atomic mass is 9.86. The lowest BCUT2D eigenvalue weighted by Gasteiger charge is -2.36. The van der Waals surface area contributed by atoms with Crippen molar-refractivity contribution in [2.45, 2.75) is 44.6 Å². The molecule has 2 aliphatic rings. The predicted octanol–water partition coefficient (Wildman–Crippen LogP) is 3.78. The van der Waals surface area contributed by atoms with E-state index >= 15 is 0 Å². The van der Waals surface area contributed by atoms with Crippen molar-refractivity contribution in [3.63, 3.8) is 0 Å². The zero-order valence-electron chi connectivity index (χ0n) is 21.0. The molecule has 1 amide bonds. The van der Waals surface area contributed by atoms with Gasteiger partial charge in [0.05, 0.1) is 31.0 Å². The van der Waals surface area contributed by atoms with E-state index in [1.54, 1.807) is 17.6 Å². The summed E-state index contributed by atoms with van der Waals surface area (Å²) in [6, 6.07) is 5.54. The van der Waals surface area contributed by atoms with E-state index in [2.05, 4.69) is 26.4 Å². The van der Waals surface area contributed by atoms with Crippen LogP contribution in [0.5, 0.6) is 5.88 Å². The maximum atomic E-state index is 14.5. The number of carbonyl (C=O) groups is 1. The number of pyridine rings is 2. The molecule has 1 spiro atoms.